The van der Waals surface area contributed by atoms with Gasteiger partial charge in [0, 0.05) is 21.3 Å². The van der Waals surface area contributed by atoms with E-state index in [2.05, 4.69) is 0 Å². The summed E-state index contributed by atoms with van der Waals surface area (Å²) in [5.74, 6) is -1.00. The predicted octanol–water partition coefficient (Wildman–Crippen LogP) is 5.67. The van der Waals surface area contributed by atoms with Gasteiger partial charge in [-0.3, -0.25) is 0 Å². The largest absolute Gasteiger partial charge is 0.478 e. The number of rotatable bonds is 8. The fraction of sp³-hybridized carbons (Fsp3) is 0.0909. The van der Waals surface area contributed by atoms with Gasteiger partial charge in [-0.05, 0) is 23.3 Å². The molecule has 3 aromatic rings. The van der Waals surface area contributed by atoms with Crippen molar-refractivity contribution in [2.24, 2.45) is 0 Å². The van der Waals surface area contributed by atoms with E-state index < -0.39 is 11.9 Å². The van der Waals surface area contributed by atoms with Crippen LogP contribution in [0.4, 0.5) is 0 Å². The number of carbonyl (C=O) groups is 2. The molecule has 0 atom stereocenters. The van der Waals surface area contributed by atoms with Crippen LogP contribution in [0.3, 0.4) is 0 Å². The molecule has 0 spiro atoms. The van der Waals surface area contributed by atoms with Crippen molar-refractivity contribution in [2.75, 3.05) is 0 Å². The minimum absolute atomic E-state index is 0.126. The number of carboxylic acids is 2. The lowest BCUT2D eigenvalue weighted by atomic mass is 10.1. The molecule has 0 radical (unpaired) electrons. The zero-order valence-corrected chi connectivity index (χ0v) is 16.5. The first-order valence-corrected chi connectivity index (χ1v) is 10.5. The summed E-state index contributed by atoms with van der Waals surface area (Å²) in [6.45, 7) is 0. The van der Waals surface area contributed by atoms with Gasteiger partial charge in [-0.15, -0.1) is 23.5 Å². The lowest BCUT2D eigenvalue weighted by molar-refractivity contribution is 0.0674. The molecule has 0 amide bonds. The highest BCUT2D eigenvalue weighted by atomic mass is 32.2. The van der Waals surface area contributed by atoms with Crippen molar-refractivity contribution < 1.29 is 19.8 Å². The Morgan fingerprint density at radius 1 is 0.607 bits per heavy atom. The maximum Gasteiger partial charge on any atom is 0.336 e. The normalized spacial score (nSPS) is 10.6. The van der Waals surface area contributed by atoms with Crippen LogP contribution in [0.15, 0.2) is 82.6 Å². The molecule has 0 aromatic heterocycles. The second-order valence-corrected chi connectivity index (χ2v) is 7.95. The number of carboxylic acid groups (broad SMARTS) is 2. The molecule has 0 saturated heterocycles. The smallest absolute Gasteiger partial charge is 0.336 e. The fourth-order valence-corrected chi connectivity index (χ4v) is 5.11. The summed E-state index contributed by atoms with van der Waals surface area (Å²) in [5, 5.41) is 19.3. The molecule has 3 rings (SSSR count). The molecule has 0 aliphatic carbocycles. The average molecular weight is 411 g/mol. The van der Waals surface area contributed by atoms with Crippen LogP contribution >= 0.6 is 23.5 Å². The summed E-state index contributed by atoms with van der Waals surface area (Å²) in [5.41, 5.74) is 2.34. The first kappa shape index (κ1) is 20.0. The second kappa shape index (κ2) is 9.48. The minimum Gasteiger partial charge on any atom is -0.478 e. The lowest BCUT2D eigenvalue weighted by Crippen LogP contribution is -2.06. The van der Waals surface area contributed by atoms with Gasteiger partial charge in [-0.2, -0.15) is 0 Å². The summed E-state index contributed by atoms with van der Waals surface area (Å²) in [6.07, 6.45) is 0. The van der Waals surface area contributed by atoms with E-state index in [1.807, 2.05) is 60.7 Å². The van der Waals surface area contributed by atoms with Crippen molar-refractivity contribution in [3.63, 3.8) is 0 Å². The number of aromatic carboxylic acids is 2. The summed E-state index contributed by atoms with van der Waals surface area (Å²) >= 11 is 2.71. The predicted molar refractivity (Wildman–Crippen MR) is 112 cm³/mol. The second-order valence-electron chi connectivity index (χ2n) is 5.98. The third-order valence-electron chi connectivity index (χ3n) is 4.02. The van der Waals surface area contributed by atoms with Crippen LogP contribution in [0.5, 0.6) is 0 Å². The van der Waals surface area contributed by atoms with E-state index in [4.69, 9.17) is 0 Å². The summed E-state index contributed by atoms with van der Waals surface area (Å²) in [4.78, 5) is 24.5. The number of thioether (sulfide) groups is 2. The molecule has 2 N–H and O–H groups in total. The maximum atomic E-state index is 11.8. The highest BCUT2D eigenvalue weighted by Gasteiger charge is 2.22. The Kier molecular flexibility index (Phi) is 6.79. The van der Waals surface area contributed by atoms with E-state index in [-0.39, 0.29) is 11.1 Å². The summed E-state index contributed by atoms with van der Waals surface area (Å²) in [6, 6.07) is 22.1. The third-order valence-corrected chi connectivity index (χ3v) is 6.53. The van der Waals surface area contributed by atoms with Crippen molar-refractivity contribution in [3.8, 4) is 0 Å². The average Bonchev–Trinajstić information content (AvgIpc) is 2.71. The molecule has 0 heterocycles. The van der Waals surface area contributed by atoms with Crippen molar-refractivity contribution in [2.45, 2.75) is 21.3 Å². The maximum absolute atomic E-state index is 11.8. The SMILES string of the molecule is O=C(O)c1ccc(C(=O)O)c(SCc2ccccc2)c1SCc1ccccc1. The molecule has 0 fully saturated rings. The first-order chi connectivity index (χ1) is 13.6. The fourth-order valence-electron chi connectivity index (χ4n) is 2.65. The topological polar surface area (TPSA) is 74.6 Å². The van der Waals surface area contributed by atoms with Gasteiger partial charge in [0.2, 0.25) is 0 Å². The van der Waals surface area contributed by atoms with Gasteiger partial charge in [-0.1, -0.05) is 60.7 Å². The van der Waals surface area contributed by atoms with Crippen molar-refractivity contribution in [1.82, 2.24) is 0 Å². The highest BCUT2D eigenvalue weighted by molar-refractivity contribution is 8.01. The summed E-state index contributed by atoms with van der Waals surface area (Å²) in [7, 11) is 0. The molecule has 142 valence electrons. The Hall–Kier alpha value is -2.70. The van der Waals surface area contributed by atoms with Crippen LogP contribution in [-0.4, -0.2) is 22.2 Å². The summed E-state index contributed by atoms with van der Waals surface area (Å²) < 4.78 is 0. The molecule has 6 heteroatoms. The van der Waals surface area contributed by atoms with E-state index in [0.717, 1.165) is 11.1 Å². The van der Waals surface area contributed by atoms with E-state index in [1.165, 1.54) is 35.7 Å². The monoisotopic (exact) mass is 410 g/mol. The highest BCUT2D eigenvalue weighted by Crippen LogP contribution is 2.39. The molecule has 28 heavy (non-hydrogen) atoms. The Morgan fingerprint density at radius 2 is 0.964 bits per heavy atom. The molecule has 0 aliphatic rings. The van der Waals surface area contributed by atoms with E-state index in [0.29, 0.717) is 21.3 Å². The molecule has 0 bridgehead atoms. The van der Waals surface area contributed by atoms with Crippen LogP contribution < -0.4 is 0 Å². The van der Waals surface area contributed by atoms with Crippen molar-refractivity contribution in [3.05, 3.63) is 95.1 Å². The zero-order chi connectivity index (χ0) is 19.9. The zero-order valence-electron chi connectivity index (χ0n) is 14.9. The van der Waals surface area contributed by atoms with Gasteiger partial charge < -0.3 is 10.2 Å². The Bertz CT molecular complexity index is 892. The lowest BCUT2D eigenvalue weighted by Gasteiger charge is -2.15. The Morgan fingerprint density at radius 3 is 1.29 bits per heavy atom. The van der Waals surface area contributed by atoms with Gasteiger partial charge in [0.1, 0.15) is 0 Å². The molecule has 4 nitrogen and oxygen atoms in total. The van der Waals surface area contributed by atoms with E-state index in [9.17, 15) is 19.8 Å². The van der Waals surface area contributed by atoms with E-state index in [1.54, 1.807) is 0 Å². The number of hydrogen-bond acceptors (Lipinski definition) is 4. The van der Waals surface area contributed by atoms with Crippen molar-refractivity contribution in [1.29, 1.82) is 0 Å². The van der Waals surface area contributed by atoms with Crippen LogP contribution in [0.1, 0.15) is 31.8 Å². The molecule has 0 unspecified atom stereocenters. The number of benzene rings is 3. The molecular formula is C22H18O4S2. The van der Waals surface area contributed by atoms with Gasteiger partial charge in [0.25, 0.3) is 0 Å². The molecular weight excluding hydrogens is 392 g/mol. The molecule has 0 saturated carbocycles. The Labute approximate surface area is 171 Å². The molecule has 3 aromatic carbocycles. The van der Waals surface area contributed by atoms with Gasteiger partial charge in [-0.25, -0.2) is 9.59 Å². The number of hydrogen-bond donors (Lipinski definition) is 2. The van der Waals surface area contributed by atoms with Crippen LogP contribution in [0, 0.1) is 0 Å². The quantitative estimate of drug-likeness (QED) is 0.466. The van der Waals surface area contributed by atoms with Gasteiger partial charge in [0.05, 0.1) is 11.1 Å². The first-order valence-electron chi connectivity index (χ1n) is 8.53. The minimum atomic E-state index is -1.06. The van der Waals surface area contributed by atoms with Gasteiger partial charge in [0.15, 0.2) is 0 Å². The van der Waals surface area contributed by atoms with Crippen LogP contribution in [-0.2, 0) is 11.5 Å². The van der Waals surface area contributed by atoms with E-state index >= 15 is 0 Å². The molecule has 0 aliphatic heterocycles. The van der Waals surface area contributed by atoms with Crippen molar-refractivity contribution >= 4 is 35.5 Å². The van der Waals surface area contributed by atoms with Gasteiger partial charge >= 0.3 is 11.9 Å². The van der Waals surface area contributed by atoms with Crippen LogP contribution in [0.2, 0.25) is 0 Å². The Balaban J connectivity index is 1.98. The third kappa shape index (κ3) is 4.97. The standard InChI is InChI=1S/C22H18O4S2/c23-21(24)17-11-12-18(22(25)26)20(28-14-16-9-5-2-6-10-16)19(17)27-13-15-7-3-1-4-8-15/h1-12H,13-14H2,(H,23,24)(H,25,26). The van der Waals surface area contributed by atoms with Crippen LogP contribution in [0.25, 0.3) is 0 Å².